The van der Waals surface area contributed by atoms with Crippen LogP contribution in [-0.2, 0) is 0 Å². The van der Waals surface area contributed by atoms with Crippen molar-refractivity contribution >= 4 is 35.3 Å². The number of rotatable bonds is 4. The highest BCUT2D eigenvalue weighted by molar-refractivity contribution is 6.42. The van der Waals surface area contributed by atoms with Gasteiger partial charge in [0, 0.05) is 16.9 Å². The Morgan fingerprint density at radius 3 is 2.52 bits per heavy atom. The van der Waals surface area contributed by atoms with Crippen LogP contribution < -0.4 is 5.43 Å². The summed E-state index contributed by atoms with van der Waals surface area (Å²) >= 11 is 11.8. The van der Waals surface area contributed by atoms with Gasteiger partial charge in [-0.3, -0.25) is 4.79 Å². The number of benzene rings is 2. The maximum atomic E-state index is 12.1. The predicted octanol–water partition coefficient (Wildman–Crippen LogP) is 4.86. The van der Waals surface area contributed by atoms with E-state index < -0.39 is 0 Å². The molecule has 1 aromatic heterocycles. The molecule has 0 aliphatic rings. The molecule has 4 nitrogen and oxygen atoms in total. The third-order valence-electron chi connectivity index (χ3n) is 3.67. The number of halogens is 2. The molecule has 1 N–H and O–H groups in total. The molecule has 1 amide bonds. The van der Waals surface area contributed by atoms with Gasteiger partial charge in [-0.05, 0) is 49.4 Å². The van der Waals surface area contributed by atoms with E-state index in [1.807, 2.05) is 49.4 Å². The van der Waals surface area contributed by atoms with E-state index in [1.54, 1.807) is 18.3 Å². The molecule has 3 aromatic rings. The molecule has 0 spiro atoms. The first-order chi connectivity index (χ1) is 12.1. The van der Waals surface area contributed by atoms with E-state index in [1.165, 1.54) is 6.07 Å². The Kier molecular flexibility index (Phi) is 5.22. The fourth-order valence-corrected chi connectivity index (χ4v) is 2.75. The van der Waals surface area contributed by atoms with Crippen molar-refractivity contribution in [2.75, 3.05) is 0 Å². The van der Waals surface area contributed by atoms with Crippen molar-refractivity contribution in [1.29, 1.82) is 0 Å². The molecule has 0 atom stereocenters. The summed E-state index contributed by atoms with van der Waals surface area (Å²) in [7, 11) is 0. The molecule has 0 fully saturated rings. The Bertz CT molecular complexity index is 933. The molecule has 0 radical (unpaired) electrons. The first-order valence-electron chi connectivity index (χ1n) is 7.58. The minimum Gasteiger partial charge on any atom is -0.313 e. The second-order valence-corrected chi connectivity index (χ2v) is 6.21. The van der Waals surface area contributed by atoms with Crippen molar-refractivity contribution < 1.29 is 4.79 Å². The number of amides is 1. The van der Waals surface area contributed by atoms with Crippen molar-refractivity contribution in [3.05, 3.63) is 87.7 Å². The van der Waals surface area contributed by atoms with Crippen molar-refractivity contribution in [2.45, 2.75) is 6.92 Å². The lowest BCUT2D eigenvalue weighted by Gasteiger charge is -2.09. The zero-order valence-electron chi connectivity index (χ0n) is 13.4. The minimum absolute atomic E-state index is 0.326. The first-order valence-corrected chi connectivity index (χ1v) is 8.34. The van der Waals surface area contributed by atoms with Gasteiger partial charge in [-0.2, -0.15) is 5.10 Å². The van der Waals surface area contributed by atoms with E-state index in [4.69, 9.17) is 23.2 Å². The van der Waals surface area contributed by atoms with Crippen LogP contribution in [0.1, 0.15) is 21.7 Å². The second kappa shape index (κ2) is 7.55. The summed E-state index contributed by atoms with van der Waals surface area (Å²) in [6.07, 6.45) is 1.61. The van der Waals surface area contributed by atoms with Crippen LogP contribution in [0.15, 0.2) is 65.8 Å². The summed E-state index contributed by atoms with van der Waals surface area (Å²) < 4.78 is 2.05. The van der Waals surface area contributed by atoms with Crippen molar-refractivity contribution in [3.63, 3.8) is 0 Å². The molecule has 126 valence electrons. The van der Waals surface area contributed by atoms with Crippen LogP contribution in [0.3, 0.4) is 0 Å². The van der Waals surface area contributed by atoms with Gasteiger partial charge in [0.05, 0.1) is 22.0 Å². The second-order valence-electron chi connectivity index (χ2n) is 5.40. The fourth-order valence-electron chi connectivity index (χ4n) is 2.45. The summed E-state index contributed by atoms with van der Waals surface area (Å²) in [4.78, 5) is 12.1. The van der Waals surface area contributed by atoms with Crippen LogP contribution in [0.25, 0.3) is 5.69 Å². The van der Waals surface area contributed by atoms with E-state index >= 15 is 0 Å². The maximum absolute atomic E-state index is 12.1. The highest BCUT2D eigenvalue weighted by Crippen LogP contribution is 2.22. The van der Waals surface area contributed by atoms with E-state index in [0.717, 1.165) is 17.1 Å². The zero-order valence-corrected chi connectivity index (χ0v) is 14.9. The summed E-state index contributed by atoms with van der Waals surface area (Å²) in [5, 5.41) is 4.77. The Labute approximate surface area is 155 Å². The number of aryl methyl sites for hydroxylation is 1. The van der Waals surface area contributed by atoms with Crippen molar-refractivity contribution in [2.24, 2.45) is 5.10 Å². The number of carbonyl (C=O) groups is 1. The molecule has 0 aliphatic heterocycles. The highest BCUT2D eigenvalue weighted by Gasteiger charge is 2.08. The number of carbonyl (C=O) groups excluding carboxylic acids is 1. The number of hydrogen-bond acceptors (Lipinski definition) is 2. The van der Waals surface area contributed by atoms with Crippen LogP contribution in [0, 0.1) is 6.92 Å². The van der Waals surface area contributed by atoms with Crippen LogP contribution in [0.4, 0.5) is 0 Å². The van der Waals surface area contributed by atoms with E-state index in [9.17, 15) is 4.79 Å². The molecule has 3 rings (SSSR count). The molecule has 2 aromatic carbocycles. The van der Waals surface area contributed by atoms with Gasteiger partial charge in [-0.1, -0.05) is 41.4 Å². The van der Waals surface area contributed by atoms with Crippen LogP contribution >= 0.6 is 23.2 Å². The van der Waals surface area contributed by atoms with Crippen LogP contribution in [0.2, 0.25) is 10.0 Å². The number of para-hydroxylation sites is 1. The van der Waals surface area contributed by atoms with Crippen LogP contribution in [-0.4, -0.2) is 16.7 Å². The third-order valence-corrected chi connectivity index (χ3v) is 4.40. The molecular formula is C19H15Cl2N3O. The van der Waals surface area contributed by atoms with Gasteiger partial charge in [0.1, 0.15) is 0 Å². The molecular weight excluding hydrogens is 357 g/mol. The molecule has 0 saturated carbocycles. The molecule has 0 unspecified atom stereocenters. The maximum Gasteiger partial charge on any atom is 0.271 e. The predicted molar refractivity (Wildman–Crippen MR) is 102 cm³/mol. The molecule has 1 heterocycles. The van der Waals surface area contributed by atoms with Gasteiger partial charge in [0.15, 0.2) is 0 Å². The average Bonchev–Trinajstić information content (AvgIpc) is 2.98. The summed E-state index contributed by atoms with van der Waals surface area (Å²) in [6.45, 7) is 2.01. The molecule has 0 bridgehead atoms. The third kappa shape index (κ3) is 3.92. The van der Waals surface area contributed by atoms with E-state index in [-0.39, 0.29) is 5.91 Å². The summed E-state index contributed by atoms with van der Waals surface area (Å²) in [5.74, 6) is -0.357. The van der Waals surface area contributed by atoms with E-state index in [0.29, 0.717) is 15.6 Å². The standard InChI is InChI=1S/C19H15Cl2N3O/c1-13-7-9-16(24(13)15-5-3-2-4-6-15)12-22-23-19(25)14-8-10-17(20)18(21)11-14/h2-12H,1H3,(H,23,25)/b22-12+. The van der Waals surface area contributed by atoms with Gasteiger partial charge < -0.3 is 4.57 Å². The lowest BCUT2D eigenvalue weighted by Crippen LogP contribution is -2.17. The molecule has 0 saturated heterocycles. The Hall–Kier alpha value is -2.56. The fraction of sp³-hybridized carbons (Fsp3) is 0.0526. The minimum atomic E-state index is -0.357. The molecule has 0 aliphatic carbocycles. The topological polar surface area (TPSA) is 46.4 Å². The number of hydrazone groups is 1. The summed E-state index contributed by atoms with van der Waals surface area (Å²) in [5.41, 5.74) is 5.85. The quantitative estimate of drug-likeness (QED) is 0.516. The van der Waals surface area contributed by atoms with Gasteiger partial charge >= 0.3 is 0 Å². The smallest absolute Gasteiger partial charge is 0.271 e. The highest BCUT2D eigenvalue weighted by atomic mass is 35.5. The van der Waals surface area contributed by atoms with Crippen molar-refractivity contribution in [1.82, 2.24) is 9.99 Å². The Morgan fingerprint density at radius 2 is 1.80 bits per heavy atom. The van der Waals surface area contributed by atoms with Gasteiger partial charge in [0.25, 0.3) is 5.91 Å². The lowest BCUT2D eigenvalue weighted by molar-refractivity contribution is 0.0955. The van der Waals surface area contributed by atoms with Crippen molar-refractivity contribution in [3.8, 4) is 5.69 Å². The molecule has 25 heavy (non-hydrogen) atoms. The first kappa shape index (κ1) is 17.3. The van der Waals surface area contributed by atoms with Gasteiger partial charge in [-0.15, -0.1) is 0 Å². The number of nitrogens with one attached hydrogen (secondary N) is 1. The van der Waals surface area contributed by atoms with E-state index in [2.05, 4.69) is 15.1 Å². The SMILES string of the molecule is Cc1ccc(/C=N/NC(=O)c2ccc(Cl)c(Cl)c2)n1-c1ccccc1. The summed E-state index contributed by atoms with van der Waals surface area (Å²) in [6, 6.07) is 18.6. The van der Waals surface area contributed by atoms with Gasteiger partial charge in [0.2, 0.25) is 0 Å². The van der Waals surface area contributed by atoms with Crippen LogP contribution in [0.5, 0.6) is 0 Å². The Balaban J connectivity index is 1.77. The lowest BCUT2D eigenvalue weighted by atomic mass is 10.2. The number of nitrogens with zero attached hydrogens (tertiary/aromatic N) is 2. The monoisotopic (exact) mass is 371 g/mol. The Morgan fingerprint density at radius 1 is 1.04 bits per heavy atom. The molecule has 6 heteroatoms. The largest absolute Gasteiger partial charge is 0.313 e. The normalized spacial score (nSPS) is 11.0. The number of aromatic nitrogens is 1. The van der Waals surface area contributed by atoms with Gasteiger partial charge in [-0.25, -0.2) is 5.43 Å². The number of hydrogen-bond donors (Lipinski definition) is 1. The zero-order chi connectivity index (χ0) is 17.8. The average molecular weight is 372 g/mol.